The Morgan fingerprint density at radius 3 is 2.43 bits per heavy atom. The van der Waals surface area contributed by atoms with E-state index in [1.165, 1.54) is 0 Å². The van der Waals surface area contributed by atoms with Crippen LogP contribution in [0.2, 0.25) is 0 Å². The smallest absolute Gasteiger partial charge is 0.272 e. The van der Waals surface area contributed by atoms with Crippen LogP contribution in [0.15, 0.2) is 12.1 Å². The number of phenols is 1. The normalized spacial score (nSPS) is 18.2. The number of pyridine rings is 1. The third-order valence-electron chi connectivity index (χ3n) is 6.13. The van der Waals surface area contributed by atoms with E-state index in [4.69, 9.17) is 4.74 Å². The van der Waals surface area contributed by atoms with Gasteiger partial charge in [-0.2, -0.15) is 0 Å². The number of benzene rings is 1. The van der Waals surface area contributed by atoms with Crippen molar-refractivity contribution in [2.75, 3.05) is 11.4 Å². The van der Waals surface area contributed by atoms with E-state index < -0.39 is 5.60 Å². The SMILES string of the molecule is Cc1cc(C)nc(N(CC(C)C)C(=O)C2(C)CCc3c(C)c(O)c(C)c(C)c3O2)c1. The average Bonchev–Trinajstić information content (AvgIpc) is 2.67. The second kappa shape index (κ2) is 7.93. The van der Waals surface area contributed by atoms with Crippen molar-refractivity contribution >= 4 is 11.7 Å². The largest absolute Gasteiger partial charge is 0.507 e. The fourth-order valence-corrected chi connectivity index (χ4v) is 4.29. The second-order valence-electron chi connectivity index (χ2n) is 9.32. The molecule has 1 N–H and O–H groups in total. The van der Waals surface area contributed by atoms with Crippen LogP contribution in [-0.4, -0.2) is 28.1 Å². The molecule has 0 fully saturated rings. The van der Waals surface area contributed by atoms with E-state index in [-0.39, 0.29) is 5.91 Å². The number of hydrogen-bond acceptors (Lipinski definition) is 4. The van der Waals surface area contributed by atoms with Gasteiger partial charge in [0.05, 0.1) is 0 Å². The quantitative estimate of drug-likeness (QED) is 0.761. The molecule has 1 aliphatic rings. The molecule has 2 aromatic rings. The third kappa shape index (κ3) is 3.90. The van der Waals surface area contributed by atoms with Gasteiger partial charge in [-0.05, 0) is 88.3 Å². The summed E-state index contributed by atoms with van der Waals surface area (Å²) in [5.74, 6) is 1.96. The van der Waals surface area contributed by atoms with Gasteiger partial charge in [-0.1, -0.05) is 13.8 Å². The number of aromatic nitrogens is 1. The number of nitrogens with zero attached hydrogens (tertiary/aromatic N) is 2. The van der Waals surface area contributed by atoms with E-state index in [0.29, 0.717) is 36.9 Å². The molecule has 0 saturated carbocycles. The highest BCUT2D eigenvalue weighted by Crippen LogP contribution is 2.44. The predicted molar refractivity (Wildman–Crippen MR) is 121 cm³/mol. The van der Waals surface area contributed by atoms with Crippen LogP contribution in [0.3, 0.4) is 0 Å². The Morgan fingerprint density at radius 2 is 1.83 bits per heavy atom. The highest BCUT2D eigenvalue weighted by molar-refractivity contribution is 5.99. The topological polar surface area (TPSA) is 62.7 Å². The van der Waals surface area contributed by atoms with Crippen LogP contribution >= 0.6 is 0 Å². The molecule has 1 amide bonds. The van der Waals surface area contributed by atoms with Gasteiger partial charge in [0.1, 0.15) is 17.3 Å². The number of amides is 1. The number of aryl methyl sites for hydroxylation is 2. The number of carbonyl (C=O) groups is 1. The molecule has 0 bridgehead atoms. The molecule has 2 heterocycles. The van der Waals surface area contributed by atoms with Crippen molar-refractivity contribution in [1.29, 1.82) is 0 Å². The fourth-order valence-electron chi connectivity index (χ4n) is 4.29. The molecule has 1 atom stereocenters. The van der Waals surface area contributed by atoms with Gasteiger partial charge in [-0.15, -0.1) is 0 Å². The summed E-state index contributed by atoms with van der Waals surface area (Å²) in [6, 6.07) is 3.98. The Kier molecular flexibility index (Phi) is 5.85. The van der Waals surface area contributed by atoms with Crippen LogP contribution in [0.25, 0.3) is 0 Å². The highest BCUT2D eigenvalue weighted by Gasteiger charge is 2.44. The van der Waals surface area contributed by atoms with E-state index in [1.54, 1.807) is 4.90 Å². The van der Waals surface area contributed by atoms with Gasteiger partial charge in [-0.25, -0.2) is 4.98 Å². The summed E-state index contributed by atoms with van der Waals surface area (Å²) < 4.78 is 6.44. The van der Waals surface area contributed by atoms with E-state index in [9.17, 15) is 9.90 Å². The fraction of sp³-hybridized carbons (Fsp3) is 0.520. The van der Waals surface area contributed by atoms with Crippen LogP contribution in [-0.2, 0) is 11.2 Å². The molecular weight excluding hydrogens is 376 g/mol. The average molecular weight is 411 g/mol. The molecule has 0 aliphatic carbocycles. The van der Waals surface area contributed by atoms with Gasteiger partial charge in [-0.3, -0.25) is 9.69 Å². The molecule has 0 saturated heterocycles. The Morgan fingerprint density at radius 1 is 1.17 bits per heavy atom. The molecule has 3 rings (SSSR count). The highest BCUT2D eigenvalue weighted by atomic mass is 16.5. The number of hydrogen-bond donors (Lipinski definition) is 1. The first-order valence-corrected chi connectivity index (χ1v) is 10.7. The van der Waals surface area contributed by atoms with Crippen molar-refractivity contribution in [3.05, 3.63) is 45.6 Å². The van der Waals surface area contributed by atoms with Crippen molar-refractivity contribution < 1.29 is 14.6 Å². The van der Waals surface area contributed by atoms with E-state index in [0.717, 1.165) is 39.3 Å². The van der Waals surface area contributed by atoms with E-state index >= 15 is 0 Å². The summed E-state index contributed by atoms with van der Waals surface area (Å²) in [6.45, 7) is 16.4. The monoisotopic (exact) mass is 410 g/mol. The molecule has 30 heavy (non-hydrogen) atoms. The number of ether oxygens (including phenoxy) is 1. The van der Waals surface area contributed by atoms with Crippen LogP contribution in [0.5, 0.6) is 11.5 Å². The number of aromatic hydroxyl groups is 1. The summed E-state index contributed by atoms with van der Waals surface area (Å²) in [5.41, 5.74) is 4.53. The molecule has 1 aromatic heterocycles. The lowest BCUT2D eigenvalue weighted by atomic mass is 9.86. The minimum atomic E-state index is -0.984. The Balaban J connectivity index is 2.04. The molecule has 5 heteroatoms. The summed E-state index contributed by atoms with van der Waals surface area (Å²) in [5, 5.41) is 10.4. The second-order valence-corrected chi connectivity index (χ2v) is 9.32. The van der Waals surface area contributed by atoms with Gasteiger partial charge in [0, 0.05) is 24.2 Å². The minimum absolute atomic E-state index is 0.0675. The van der Waals surface area contributed by atoms with Gasteiger partial charge >= 0.3 is 0 Å². The van der Waals surface area contributed by atoms with Crippen LogP contribution in [0.4, 0.5) is 5.82 Å². The molecule has 5 nitrogen and oxygen atoms in total. The third-order valence-corrected chi connectivity index (χ3v) is 6.13. The maximum Gasteiger partial charge on any atom is 0.272 e. The molecular formula is C25H34N2O3. The van der Waals surface area contributed by atoms with Crippen molar-refractivity contribution in [1.82, 2.24) is 4.98 Å². The molecule has 1 aliphatic heterocycles. The van der Waals surface area contributed by atoms with E-state index in [2.05, 4.69) is 18.8 Å². The molecule has 0 spiro atoms. The predicted octanol–water partition coefficient (Wildman–Crippen LogP) is 5.10. The Hall–Kier alpha value is -2.56. The molecule has 0 radical (unpaired) electrons. The first-order valence-electron chi connectivity index (χ1n) is 10.7. The molecule has 1 aromatic carbocycles. The van der Waals surface area contributed by atoms with Crippen LogP contribution < -0.4 is 9.64 Å². The number of anilines is 1. The Bertz CT molecular complexity index is 976. The number of phenolic OH excluding ortho intramolecular Hbond substituents is 1. The lowest BCUT2D eigenvalue weighted by Crippen LogP contribution is -2.54. The first-order chi connectivity index (χ1) is 13.9. The maximum atomic E-state index is 13.8. The first kappa shape index (κ1) is 22.1. The standard InChI is InChI=1S/C25H34N2O3/c1-14(2)13-27(21-12-15(3)11-16(4)26-21)24(29)25(8)10-9-20-19(7)22(28)17(5)18(6)23(20)30-25/h11-12,14,28H,9-10,13H2,1-8H3. The van der Waals surface area contributed by atoms with Gasteiger partial charge in [0.15, 0.2) is 5.60 Å². The van der Waals surface area contributed by atoms with Crippen molar-refractivity contribution in [2.45, 2.75) is 73.8 Å². The minimum Gasteiger partial charge on any atom is -0.507 e. The van der Waals surface area contributed by atoms with Gasteiger partial charge < -0.3 is 9.84 Å². The molecule has 162 valence electrons. The zero-order valence-electron chi connectivity index (χ0n) is 19.5. The summed E-state index contributed by atoms with van der Waals surface area (Å²) in [7, 11) is 0. The number of carbonyl (C=O) groups excluding carboxylic acids is 1. The lowest BCUT2D eigenvalue weighted by molar-refractivity contribution is -0.134. The summed E-state index contributed by atoms with van der Waals surface area (Å²) >= 11 is 0. The number of fused-ring (bicyclic) bond motifs is 1. The summed E-state index contributed by atoms with van der Waals surface area (Å²) in [4.78, 5) is 20.3. The van der Waals surface area contributed by atoms with Crippen LogP contribution in [0, 0.1) is 40.5 Å². The van der Waals surface area contributed by atoms with Gasteiger partial charge in [0.25, 0.3) is 5.91 Å². The van der Waals surface area contributed by atoms with E-state index in [1.807, 2.05) is 53.7 Å². The zero-order valence-corrected chi connectivity index (χ0v) is 19.5. The lowest BCUT2D eigenvalue weighted by Gasteiger charge is -2.40. The maximum absolute atomic E-state index is 13.8. The zero-order chi connectivity index (χ0) is 22.4. The van der Waals surface area contributed by atoms with Gasteiger partial charge in [0.2, 0.25) is 0 Å². The van der Waals surface area contributed by atoms with Crippen molar-refractivity contribution in [3.8, 4) is 11.5 Å². The Labute approximate surface area is 180 Å². The van der Waals surface area contributed by atoms with Crippen LogP contribution in [0.1, 0.15) is 60.7 Å². The van der Waals surface area contributed by atoms with Crippen molar-refractivity contribution in [3.63, 3.8) is 0 Å². The number of rotatable bonds is 4. The molecule has 1 unspecified atom stereocenters. The summed E-state index contributed by atoms with van der Waals surface area (Å²) in [6.07, 6.45) is 1.24. The van der Waals surface area contributed by atoms with Crippen molar-refractivity contribution in [2.24, 2.45) is 5.92 Å².